The van der Waals surface area contributed by atoms with Gasteiger partial charge in [0.2, 0.25) is 0 Å². The van der Waals surface area contributed by atoms with Crippen molar-refractivity contribution in [1.82, 2.24) is 0 Å². The van der Waals surface area contributed by atoms with E-state index in [-0.39, 0.29) is 107 Å². The molecule has 0 saturated heterocycles. The highest BCUT2D eigenvalue weighted by atomic mass is 16.6. The number of ether oxygens (including phenoxy) is 7. The van der Waals surface area contributed by atoms with Gasteiger partial charge in [0.15, 0.2) is 0 Å². The number of hydrogen-bond acceptors (Lipinski definition) is 21. The summed E-state index contributed by atoms with van der Waals surface area (Å²) in [4.78, 5) is 82.7. The molecule has 0 radical (unpaired) electrons. The van der Waals surface area contributed by atoms with Crippen LogP contribution >= 0.6 is 0 Å². The lowest BCUT2D eigenvalue weighted by Gasteiger charge is -2.30. The first-order valence-electron chi connectivity index (χ1n) is 39.9. The van der Waals surface area contributed by atoms with E-state index in [2.05, 4.69) is 27.7 Å². The Morgan fingerprint density at radius 1 is 0.342 bits per heavy atom. The molecule has 0 spiro atoms. The minimum absolute atomic E-state index is 0.0521. The highest BCUT2D eigenvalue weighted by Gasteiger charge is 2.39. The zero-order chi connectivity index (χ0) is 84.7. The van der Waals surface area contributed by atoms with Gasteiger partial charge < -0.3 is 68.9 Å². The lowest BCUT2D eigenvalue weighted by atomic mass is 9.86. The lowest BCUT2D eigenvalue weighted by Crippen LogP contribution is -2.33. The van der Waals surface area contributed by atoms with E-state index >= 15 is 0 Å². The number of phenols is 7. The van der Waals surface area contributed by atoms with Gasteiger partial charge in [-0.15, -0.1) is 0 Å². The van der Waals surface area contributed by atoms with Crippen LogP contribution in [0.4, 0.5) is 0 Å². The van der Waals surface area contributed by atoms with Gasteiger partial charge in [0.1, 0.15) is 122 Å². The minimum Gasteiger partial charge on any atom is -0.507 e. The molecule has 14 rings (SSSR count). The molecule has 0 amide bonds. The van der Waals surface area contributed by atoms with Crippen LogP contribution in [0.5, 0.6) is 40.2 Å². The normalized spacial score (nSPS) is 20.9. The Bertz CT molecular complexity index is 4830. The van der Waals surface area contributed by atoms with Crippen molar-refractivity contribution in [2.24, 2.45) is 11.8 Å². The van der Waals surface area contributed by atoms with Crippen molar-refractivity contribution in [2.75, 3.05) is 0 Å². The first-order chi connectivity index (χ1) is 53.7. The molecule has 7 aliphatic rings. The fraction of sp³-hybridized carbons (Fsp3) is 0.473. The number of carbonyl (C=O) groups excluding carboxylic acids is 7. The average molecular weight is 1570 g/mol. The maximum Gasteiger partial charge on any atom is 0.342 e. The summed E-state index contributed by atoms with van der Waals surface area (Å²) in [5.41, 5.74) is 18.1. The zero-order valence-electron chi connectivity index (χ0n) is 70.2. The molecule has 7 N–H and O–H groups in total. The van der Waals surface area contributed by atoms with Crippen LogP contribution in [0.1, 0.15) is 299 Å². The molecule has 0 saturated carbocycles. The third-order valence-electron chi connectivity index (χ3n) is 23.4. The van der Waals surface area contributed by atoms with Crippen molar-refractivity contribution in [3.8, 4) is 40.2 Å². The van der Waals surface area contributed by atoms with Crippen LogP contribution in [0.15, 0.2) is 60.7 Å². The molecule has 21 nitrogen and oxygen atoms in total. The second-order valence-electron chi connectivity index (χ2n) is 31.7. The van der Waals surface area contributed by atoms with Gasteiger partial charge in [-0.1, -0.05) is 136 Å². The highest BCUT2D eigenvalue weighted by Crippen LogP contribution is 2.43. The van der Waals surface area contributed by atoms with Gasteiger partial charge in [-0.2, -0.15) is 0 Å². The molecule has 11 atom stereocenters. The smallest absolute Gasteiger partial charge is 0.342 e. The molecular formula is C93H116O21. The van der Waals surface area contributed by atoms with Gasteiger partial charge in [0.05, 0.1) is 0 Å². The molecule has 7 aromatic carbocycles. The van der Waals surface area contributed by atoms with E-state index in [4.69, 9.17) is 33.2 Å². The second-order valence-corrected chi connectivity index (χ2v) is 31.7. The summed E-state index contributed by atoms with van der Waals surface area (Å²) in [6.07, 6.45) is 8.44. The quantitative estimate of drug-likeness (QED) is 0.0549. The summed E-state index contributed by atoms with van der Waals surface area (Å²) in [5.74, 6) is -1.36. The standard InChI is InChI=1S/C16H22O3.C15H20O3.3C13H16O3.C12H14O3.C11H12O3/c1-5-6-9(2)13-8-12-10(3)7-11(4)15(17)14(12)16(18)19-13;1-5-8(2)12-7-11-9(3)6-10(4)14(16)13(11)15(17)18-12;1-4-10-6-9-5-7(2)8(3)12(14)11(9)13(15)16-10;1-4-9-6-10-7(2)5-8(3)12(14)11(10)13(15)16-9;1-4-10-8(3)9-6-5-7(2)12(14)11(9)13(15)16-10;1-6-4-5-9-7(2)8(3)15-12(14)10(9)11(6)13;1-6-3-4-8-5-7(2)14-11(13)9(8)10(6)12/h7,9,13,17H,5-6,8H2,1-4H3;6,8,12,16H,5,7H2,1-4H3;5,10,14H,4,6H2,1-3H3;5,9,14H,4,6H2,1-3H3;5-6,8,10,14H,4H2,1-3H3;4-5,7-8,13H,1-3H3;3-4,7,12H,5H2,1-2H3. The number of cyclic esters (lactones) is 7. The monoisotopic (exact) mass is 1570 g/mol. The van der Waals surface area contributed by atoms with E-state index in [1.54, 1.807) is 34.6 Å². The molecule has 0 aromatic heterocycles. The third-order valence-corrected chi connectivity index (χ3v) is 23.4. The SMILES string of the molecule is CCC(C)C1Cc2c(C)cc(C)c(O)c2C(=O)O1.CCC1Cc2c(C)cc(C)c(O)c2C(=O)O1.CCC1Cc2cc(C)c(C)c(O)c2C(=O)O1.CCC1OC(=O)c2c(ccc(C)c2O)C1C.CCCC(C)C1Cc2c(C)cc(C)c(O)c2C(=O)O1.Cc1ccc2c(c1O)C(=O)OC(C)C2.Cc1ccc2c(c1O)C(=O)OC(C)C2C. The topological polar surface area (TPSA) is 326 Å². The molecule has 7 aromatic rings. The number of rotatable bonds is 8. The Morgan fingerprint density at radius 2 is 0.719 bits per heavy atom. The Morgan fingerprint density at radius 3 is 1.18 bits per heavy atom. The molecule has 0 bridgehead atoms. The first-order valence-corrected chi connectivity index (χ1v) is 39.9. The summed E-state index contributed by atoms with van der Waals surface area (Å²) in [7, 11) is 0. The Labute approximate surface area is 670 Å². The van der Waals surface area contributed by atoms with E-state index in [0.717, 1.165) is 122 Å². The number of esters is 7. The molecule has 7 aliphatic heterocycles. The maximum atomic E-state index is 12.1. The summed E-state index contributed by atoms with van der Waals surface area (Å²) in [6, 6.07) is 18.9. The molecular weight excluding hydrogens is 1450 g/mol. The van der Waals surface area contributed by atoms with Gasteiger partial charge in [-0.05, 0) is 228 Å². The van der Waals surface area contributed by atoms with E-state index in [0.29, 0.717) is 99.6 Å². The molecule has 7 heterocycles. The first kappa shape index (κ1) is 89.0. The third kappa shape index (κ3) is 19.1. The fourth-order valence-electron chi connectivity index (χ4n) is 15.6. The number of benzene rings is 7. The lowest BCUT2D eigenvalue weighted by molar-refractivity contribution is 0.00892. The number of carbonyl (C=O) groups is 7. The van der Waals surface area contributed by atoms with E-state index in [1.165, 1.54) is 0 Å². The van der Waals surface area contributed by atoms with Gasteiger partial charge in [0, 0.05) is 43.9 Å². The van der Waals surface area contributed by atoms with Crippen molar-refractivity contribution >= 4 is 41.8 Å². The number of aryl methyl sites for hydroxylation is 10. The Kier molecular flexibility index (Phi) is 29.3. The van der Waals surface area contributed by atoms with Crippen LogP contribution in [-0.2, 0) is 65.3 Å². The summed E-state index contributed by atoms with van der Waals surface area (Å²) >= 11 is 0. The second kappa shape index (κ2) is 37.6. The summed E-state index contributed by atoms with van der Waals surface area (Å²) < 4.78 is 37.0. The van der Waals surface area contributed by atoms with Crippen LogP contribution in [0, 0.1) is 88.0 Å². The number of fused-ring (bicyclic) bond motifs is 7. The molecule has 0 aliphatic carbocycles. The van der Waals surface area contributed by atoms with Crippen molar-refractivity contribution in [3.05, 3.63) is 200 Å². The van der Waals surface area contributed by atoms with Crippen LogP contribution in [-0.4, -0.2) is 120 Å². The van der Waals surface area contributed by atoms with Gasteiger partial charge in [-0.25, -0.2) is 33.6 Å². The molecule has 114 heavy (non-hydrogen) atoms. The zero-order valence-corrected chi connectivity index (χ0v) is 70.2. The number of phenolic OH excluding ortho intramolecular Hbond substituents is 7. The maximum absolute atomic E-state index is 12.1. The largest absolute Gasteiger partial charge is 0.507 e. The van der Waals surface area contributed by atoms with E-state index in [9.17, 15) is 69.3 Å². The van der Waals surface area contributed by atoms with Crippen molar-refractivity contribution < 1.29 is 102 Å². The van der Waals surface area contributed by atoms with Gasteiger partial charge >= 0.3 is 41.8 Å². The van der Waals surface area contributed by atoms with Gasteiger partial charge in [-0.3, -0.25) is 0 Å². The number of aromatic hydroxyl groups is 7. The van der Waals surface area contributed by atoms with Crippen molar-refractivity contribution in [2.45, 2.75) is 278 Å². The van der Waals surface area contributed by atoms with Crippen LogP contribution in [0.3, 0.4) is 0 Å². The molecule has 614 valence electrons. The minimum atomic E-state index is -0.420. The van der Waals surface area contributed by atoms with E-state index < -0.39 is 29.8 Å². The molecule has 0 fully saturated rings. The number of hydrogen-bond donors (Lipinski definition) is 7. The van der Waals surface area contributed by atoms with Crippen LogP contribution < -0.4 is 0 Å². The summed E-state index contributed by atoms with van der Waals surface area (Å²) in [5, 5.41) is 69.3. The highest BCUT2D eigenvalue weighted by molar-refractivity contribution is 6.00. The van der Waals surface area contributed by atoms with Crippen molar-refractivity contribution in [3.63, 3.8) is 0 Å². The van der Waals surface area contributed by atoms with E-state index in [1.807, 2.05) is 151 Å². The van der Waals surface area contributed by atoms with Crippen LogP contribution in [0.2, 0.25) is 0 Å². The van der Waals surface area contributed by atoms with Crippen LogP contribution in [0.25, 0.3) is 0 Å². The molecule has 11 unspecified atom stereocenters. The predicted octanol–water partition coefficient (Wildman–Crippen LogP) is 18.6. The van der Waals surface area contributed by atoms with Gasteiger partial charge in [0.25, 0.3) is 0 Å². The average Bonchev–Trinajstić information content (AvgIpc) is 0.809. The van der Waals surface area contributed by atoms with Crippen molar-refractivity contribution in [1.29, 1.82) is 0 Å². The predicted molar refractivity (Wildman–Crippen MR) is 434 cm³/mol. The molecule has 21 heteroatoms. The summed E-state index contributed by atoms with van der Waals surface area (Å²) in [6.45, 7) is 42.5. The Balaban J connectivity index is 0.000000167. The Hall–Kier alpha value is -10.6. The fourth-order valence-corrected chi connectivity index (χ4v) is 15.6.